The van der Waals surface area contributed by atoms with E-state index in [1.165, 1.54) is 38.5 Å². The first-order chi connectivity index (χ1) is 12.2. The van der Waals surface area contributed by atoms with Crippen LogP contribution in [0.15, 0.2) is 4.99 Å². The first-order valence-corrected chi connectivity index (χ1v) is 10.2. The van der Waals surface area contributed by atoms with Crippen molar-refractivity contribution < 1.29 is 9.53 Å². The van der Waals surface area contributed by atoms with Crippen molar-refractivity contribution in [2.45, 2.75) is 71.3 Å². The Labute approximate surface area is 152 Å². The largest absolute Gasteiger partial charge is 0.450 e. The van der Waals surface area contributed by atoms with E-state index in [1.807, 2.05) is 6.92 Å². The second-order valence-electron chi connectivity index (χ2n) is 7.16. The highest BCUT2D eigenvalue weighted by Gasteiger charge is 2.24. The van der Waals surface area contributed by atoms with Crippen LogP contribution >= 0.6 is 0 Å². The zero-order valence-electron chi connectivity index (χ0n) is 16.1. The lowest BCUT2D eigenvalue weighted by Gasteiger charge is -2.32. The number of piperidine rings is 1. The van der Waals surface area contributed by atoms with Gasteiger partial charge in [0, 0.05) is 32.2 Å². The number of hydrogen-bond acceptors (Lipinski definition) is 3. The summed E-state index contributed by atoms with van der Waals surface area (Å²) in [5, 5.41) is 6.90. The fourth-order valence-corrected chi connectivity index (χ4v) is 3.77. The summed E-state index contributed by atoms with van der Waals surface area (Å²) in [7, 11) is 0. The van der Waals surface area contributed by atoms with E-state index in [4.69, 9.17) is 9.73 Å². The van der Waals surface area contributed by atoms with Crippen LogP contribution < -0.4 is 10.6 Å². The average Bonchev–Trinajstić information content (AvgIpc) is 2.63. The van der Waals surface area contributed by atoms with Gasteiger partial charge in [0.15, 0.2) is 5.96 Å². The Morgan fingerprint density at radius 3 is 2.48 bits per heavy atom. The summed E-state index contributed by atoms with van der Waals surface area (Å²) in [5.74, 6) is 1.79. The molecule has 0 aromatic carbocycles. The molecule has 1 saturated heterocycles. The lowest BCUT2D eigenvalue weighted by Crippen LogP contribution is -2.50. The van der Waals surface area contributed by atoms with Gasteiger partial charge in [-0.05, 0) is 39.0 Å². The van der Waals surface area contributed by atoms with Crippen molar-refractivity contribution in [2.24, 2.45) is 10.9 Å². The van der Waals surface area contributed by atoms with Crippen LogP contribution in [0.3, 0.4) is 0 Å². The maximum atomic E-state index is 11.8. The Kier molecular flexibility index (Phi) is 8.91. The van der Waals surface area contributed by atoms with Crippen LogP contribution in [0, 0.1) is 5.92 Å². The first-order valence-electron chi connectivity index (χ1n) is 10.2. The predicted molar refractivity (Wildman–Crippen MR) is 102 cm³/mol. The molecule has 1 heterocycles. The van der Waals surface area contributed by atoms with E-state index >= 15 is 0 Å². The maximum Gasteiger partial charge on any atom is 0.409 e. The highest BCUT2D eigenvalue weighted by atomic mass is 16.6. The van der Waals surface area contributed by atoms with Crippen LogP contribution in [0.2, 0.25) is 0 Å². The lowest BCUT2D eigenvalue weighted by molar-refractivity contribution is 0.0963. The minimum atomic E-state index is -0.186. The molecule has 0 atom stereocenters. The number of carbonyl (C=O) groups excluding carboxylic acids is 1. The van der Waals surface area contributed by atoms with Crippen molar-refractivity contribution in [3.63, 3.8) is 0 Å². The third kappa shape index (κ3) is 7.12. The van der Waals surface area contributed by atoms with Crippen LogP contribution in [0.5, 0.6) is 0 Å². The molecule has 0 aromatic rings. The number of amides is 1. The van der Waals surface area contributed by atoms with E-state index in [9.17, 15) is 4.79 Å². The fourth-order valence-electron chi connectivity index (χ4n) is 3.77. The van der Waals surface area contributed by atoms with Gasteiger partial charge in [-0.1, -0.05) is 32.1 Å². The third-order valence-corrected chi connectivity index (χ3v) is 5.24. The number of likely N-dealkylation sites (tertiary alicyclic amines) is 1. The van der Waals surface area contributed by atoms with E-state index < -0.39 is 0 Å². The SMILES string of the molecule is CCNC(=NCCC1CCCCC1)NC1CCN(C(=O)OCC)CC1. The normalized spacial score (nSPS) is 20.4. The number of nitrogens with zero attached hydrogens (tertiary/aromatic N) is 2. The number of nitrogens with one attached hydrogen (secondary N) is 2. The van der Waals surface area contributed by atoms with Crippen LogP contribution in [0.1, 0.15) is 65.2 Å². The molecular weight excluding hydrogens is 316 g/mol. The molecule has 0 unspecified atom stereocenters. The maximum absolute atomic E-state index is 11.8. The van der Waals surface area contributed by atoms with E-state index in [1.54, 1.807) is 4.90 Å². The molecule has 0 bridgehead atoms. The van der Waals surface area contributed by atoms with Crippen LogP contribution in [-0.2, 0) is 4.74 Å². The van der Waals surface area contributed by atoms with Crippen LogP contribution in [0.25, 0.3) is 0 Å². The van der Waals surface area contributed by atoms with E-state index in [0.29, 0.717) is 12.6 Å². The quantitative estimate of drug-likeness (QED) is 0.569. The summed E-state index contributed by atoms with van der Waals surface area (Å²) in [4.78, 5) is 18.3. The summed E-state index contributed by atoms with van der Waals surface area (Å²) in [5.41, 5.74) is 0. The topological polar surface area (TPSA) is 66.0 Å². The molecule has 1 saturated carbocycles. The molecule has 2 aliphatic rings. The van der Waals surface area contributed by atoms with Crippen molar-refractivity contribution >= 4 is 12.1 Å². The molecule has 0 radical (unpaired) electrons. The number of carbonyl (C=O) groups is 1. The molecule has 0 aromatic heterocycles. The summed E-state index contributed by atoms with van der Waals surface area (Å²) in [6, 6.07) is 0.373. The molecule has 0 spiro atoms. The summed E-state index contributed by atoms with van der Waals surface area (Å²) in [6.45, 7) is 7.66. The van der Waals surface area contributed by atoms with Crippen molar-refractivity contribution in [1.82, 2.24) is 15.5 Å². The van der Waals surface area contributed by atoms with Gasteiger partial charge in [0.1, 0.15) is 0 Å². The second kappa shape index (κ2) is 11.2. The van der Waals surface area contributed by atoms with Gasteiger partial charge in [-0.15, -0.1) is 0 Å². The molecule has 1 aliphatic heterocycles. The van der Waals surface area contributed by atoms with Gasteiger partial charge >= 0.3 is 6.09 Å². The summed E-state index contributed by atoms with van der Waals surface area (Å²) >= 11 is 0. The summed E-state index contributed by atoms with van der Waals surface area (Å²) < 4.78 is 5.08. The zero-order chi connectivity index (χ0) is 17.9. The molecule has 6 nitrogen and oxygen atoms in total. The number of guanidine groups is 1. The Morgan fingerprint density at radius 2 is 1.84 bits per heavy atom. The van der Waals surface area contributed by atoms with Gasteiger partial charge in [0.05, 0.1) is 6.61 Å². The predicted octanol–water partition coefficient (Wildman–Crippen LogP) is 3.13. The molecule has 25 heavy (non-hydrogen) atoms. The number of aliphatic imine (C=N–C) groups is 1. The Morgan fingerprint density at radius 1 is 1.12 bits per heavy atom. The van der Waals surface area contributed by atoms with Gasteiger partial charge in [-0.3, -0.25) is 4.99 Å². The fraction of sp³-hybridized carbons (Fsp3) is 0.895. The minimum absolute atomic E-state index is 0.186. The third-order valence-electron chi connectivity index (χ3n) is 5.24. The molecule has 144 valence electrons. The van der Waals surface area contributed by atoms with Gasteiger partial charge < -0.3 is 20.3 Å². The zero-order valence-corrected chi connectivity index (χ0v) is 16.1. The van der Waals surface area contributed by atoms with Gasteiger partial charge in [0.2, 0.25) is 0 Å². The molecular formula is C19H36N4O2. The molecule has 1 amide bonds. The molecule has 2 rings (SSSR count). The average molecular weight is 353 g/mol. The van der Waals surface area contributed by atoms with Gasteiger partial charge in [0.25, 0.3) is 0 Å². The van der Waals surface area contributed by atoms with E-state index in [2.05, 4.69) is 17.6 Å². The highest BCUT2D eigenvalue weighted by Crippen LogP contribution is 2.26. The van der Waals surface area contributed by atoms with Crippen molar-refractivity contribution in [1.29, 1.82) is 0 Å². The number of rotatable bonds is 6. The van der Waals surface area contributed by atoms with Crippen LogP contribution in [-0.4, -0.2) is 55.8 Å². The van der Waals surface area contributed by atoms with E-state index in [0.717, 1.165) is 50.9 Å². The van der Waals surface area contributed by atoms with Gasteiger partial charge in [-0.25, -0.2) is 4.79 Å². The van der Waals surface area contributed by atoms with Crippen molar-refractivity contribution in [3.05, 3.63) is 0 Å². The minimum Gasteiger partial charge on any atom is -0.450 e. The molecule has 2 fully saturated rings. The van der Waals surface area contributed by atoms with Crippen LogP contribution in [0.4, 0.5) is 4.79 Å². The Bertz CT molecular complexity index is 414. The molecule has 6 heteroatoms. The standard InChI is InChI=1S/C19H36N4O2/c1-3-20-18(21-13-10-16-8-6-5-7-9-16)22-17-11-14-23(15-12-17)19(24)25-4-2/h16-17H,3-15H2,1-2H3,(H2,20,21,22). The Hall–Kier alpha value is -1.46. The first kappa shape index (κ1) is 19.9. The molecule has 2 N–H and O–H groups in total. The highest BCUT2D eigenvalue weighted by molar-refractivity contribution is 5.80. The number of ether oxygens (including phenoxy) is 1. The Balaban J connectivity index is 1.73. The van der Waals surface area contributed by atoms with Crippen molar-refractivity contribution in [3.8, 4) is 0 Å². The lowest BCUT2D eigenvalue weighted by atomic mass is 9.87. The van der Waals surface area contributed by atoms with Gasteiger partial charge in [-0.2, -0.15) is 0 Å². The van der Waals surface area contributed by atoms with E-state index in [-0.39, 0.29) is 6.09 Å². The van der Waals surface area contributed by atoms with Crippen molar-refractivity contribution in [2.75, 3.05) is 32.8 Å². The smallest absolute Gasteiger partial charge is 0.409 e. The second-order valence-corrected chi connectivity index (χ2v) is 7.16. The molecule has 1 aliphatic carbocycles. The summed E-state index contributed by atoms with van der Waals surface area (Å²) in [6.07, 6.45) is 9.85. The number of hydrogen-bond donors (Lipinski definition) is 2. The monoisotopic (exact) mass is 352 g/mol.